The number of hydrogen-bond donors (Lipinski definition) is 2. The second kappa shape index (κ2) is 20.1. The second-order valence-corrected chi connectivity index (χ2v) is 19.3. The molecule has 1 unspecified atom stereocenters. The number of nitrogens with two attached hydrogens (primary N) is 1. The fraction of sp³-hybridized carbons (Fsp3) is 0.388. The molecular formula is C49H52N6O11S2. The van der Waals surface area contributed by atoms with Gasteiger partial charge in [-0.25, -0.2) is 19.6 Å². The molecule has 3 aromatic heterocycles. The Morgan fingerprint density at radius 1 is 1.00 bits per heavy atom. The van der Waals surface area contributed by atoms with Crippen molar-refractivity contribution in [3.63, 3.8) is 0 Å². The molecule has 0 aliphatic carbocycles. The van der Waals surface area contributed by atoms with Crippen LogP contribution in [0.25, 0.3) is 22.3 Å². The number of amides is 2. The average Bonchev–Trinajstić information content (AvgIpc) is 4.09. The Morgan fingerprint density at radius 3 is 2.63 bits per heavy atom. The number of benzene rings is 2. The van der Waals surface area contributed by atoms with Crippen molar-refractivity contribution in [2.45, 2.75) is 75.1 Å². The van der Waals surface area contributed by atoms with Crippen molar-refractivity contribution in [3.05, 3.63) is 112 Å². The molecule has 17 nitrogen and oxygen atoms in total. The number of fused-ring (bicyclic) bond motifs is 5. The van der Waals surface area contributed by atoms with Crippen LogP contribution >= 0.6 is 21.6 Å². The van der Waals surface area contributed by atoms with E-state index in [-0.39, 0.29) is 60.0 Å². The van der Waals surface area contributed by atoms with Crippen molar-refractivity contribution in [3.8, 4) is 28.6 Å². The fourth-order valence-corrected chi connectivity index (χ4v) is 10.8. The molecule has 7 heterocycles. The Balaban J connectivity index is 0.753. The van der Waals surface area contributed by atoms with Crippen molar-refractivity contribution < 1.29 is 47.9 Å². The number of hydrogen-bond acceptors (Lipinski definition) is 16. The van der Waals surface area contributed by atoms with E-state index in [0.29, 0.717) is 73.7 Å². The van der Waals surface area contributed by atoms with Gasteiger partial charge in [0.1, 0.15) is 24.0 Å². The van der Waals surface area contributed by atoms with Gasteiger partial charge in [-0.2, -0.15) is 0 Å². The van der Waals surface area contributed by atoms with E-state index < -0.39 is 29.9 Å². The van der Waals surface area contributed by atoms with Crippen LogP contribution in [0.3, 0.4) is 0 Å². The van der Waals surface area contributed by atoms with Gasteiger partial charge in [0, 0.05) is 46.8 Å². The molecule has 0 radical (unpaired) electrons. The summed E-state index contributed by atoms with van der Waals surface area (Å²) in [4.78, 5) is 65.8. The van der Waals surface area contributed by atoms with Crippen LogP contribution in [0.5, 0.6) is 17.2 Å². The van der Waals surface area contributed by atoms with Gasteiger partial charge in [0.2, 0.25) is 0 Å². The number of pyridine rings is 3. The number of nitrogens with zero attached hydrogens (tertiary/aromatic N) is 5. The molecule has 3 atom stereocenters. The van der Waals surface area contributed by atoms with Gasteiger partial charge in [-0.05, 0) is 91.4 Å². The van der Waals surface area contributed by atoms with E-state index >= 15 is 0 Å². The highest BCUT2D eigenvalue weighted by Crippen LogP contribution is 2.40. The monoisotopic (exact) mass is 964 g/mol. The summed E-state index contributed by atoms with van der Waals surface area (Å²) in [5.41, 5.74) is 8.98. The van der Waals surface area contributed by atoms with Crippen molar-refractivity contribution in [1.29, 1.82) is 0 Å². The smallest absolute Gasteiger partial charge is 0.412 e. The molecule has 356 valence electrons. The first-order valence-electron chi connectivity index (χ1n) is 22.5. The highest BCUT2D eigenvalue weighted by atomic mass is 33.1. The molecule has 4 aliphatic heterocycles. The first kappa shape index (κ1) is 46.8. The number of nitrogen functional groups attached to an aromatic ring is 1. The third-order valence-electron chi connectivity index (χ3n) is 12.6. The van der Waals surface area contributed by atoms with Crippen molar-refractivity contribution in [2.75, 3.05) is 58.1 Å². The van der Waals surface area contributed by atoms with Crippen molar-refractivity contribution in [1.82, 2.24) is 24.3 Å². The molecule has 19 heteroatoms. The summed E-state index contributed by atoms with van der Waals surface area (Å²) in [7, 11) is 4.57. The number of unbranched alkanes of at least 4 members (excludes halogenated alkanes) is 2. The number of likely N-dealkylation sites (tertiary alicyclic amines) is 1. The zero-order valence-electron chi connectivity index (χ0n) is 37.8. The van der Waals surface area contributed by atoms with Crippen LogP contribution in [0.2, 0.25) is 0 Å². The molecule has 2 fully saturated rings. The predicted molar refractivity (Wildman–Crippen MR) is 256 cm³/mol. The van der Waals surface area contributed by atoms with Crippen LogP contribution < -0.4 is 25.5 Å². The van der Waals surface area contributed by atoms with E-state index in [1.807, 2.05) is 42.5 Å². The van der Waals surface area contributed by atoms with E-state index in [2.05, 4.69) is 11.6 Å². The topological polar surface area (TPSA) is 207 Å². The Hall–Kier alpha value is -6.28. The summed E-state index contributed by atoms with van der Waals surface area (Å²) in [5.74, 6) is 0.956. The predicted octanol–water partition coefficient (Wildman–Crippen LogP) is 6.70. The number of methoxy groups -OCH3 is 1. The minimum atomic E-state index is -1.88. The van der Waals surface area contributed by atoms with Gasteiger partial charge in [-0.15, -0.1) is 0 Å². The lowest BCUT2D eigenvalue weighted by atomic mass is 9.86. The lowest BCUT2D eigenvalue weighted by molar-refractivity contribution is -0.172. The SMILES string of the molecule is C=C1C[C@@H](C2OCCN2C(=O)OCCSSc2ccccn2)N(C(=O)c2cc(OC)c(OCCCCCOc3ccc4nc5c(cc4c3)Cn3c-5cc4c(c3=O)COC(=O)[C@]4(O)CC)cc2N)C1. The molecule has 2 saturated heterocycles. The number of esters is 1. The van der Waals surface area contributed by atoms with Gasteiger partial charge >= 0.3 is 12.1 Å². The number of aliphatic hydroxyl groups is 1. The largest absolute Gasteiger partial charge is 0.494 e. The molecule has 0 bridgehead atoms. The van der Waals surface area contributed by atoms with Crippen LogP contribution in [0, 0.1) is 0 Å². The van der Waals surface area contributed by atoms with Gasteiger partial charge < -0.3 is 48.7 Å². The molecule has 68 heavy (non-hydrogen) atoms. The van der Waals surface area contributed by atoms with E-state index in [1.165, 1.54) is 22.8 Å². The van der Waals surface area contributed by atoms with E-state index in [0.717, 1.165) is 46.3 Å². The van der Waals surface area contributed by atoms with Gasteiger partial charge in [0.15, 0.2) is 23.3 Å². The van der Waals surface area contributed by atoms with E-state index in [1.54, 1.807) is 51.6 Å². The maximum atomic E-state index is 14.2. The molecular weight excluding hydrogens is 913 g/mol. The maximum absolute atomic E-state index is 14.2. The summed E-state index contributed by atoms with van der Waals surface area (Å²) in [6, 6.07) is 17.8. The van der Waals surface area contributed by atoms with Gasteiger partial charge in [0.25, 0.3) is 11.5 Å². The summed E-state index contributed by atoms with van der Waals surface area (Å²) < 4.78 is 36.3. The number of cyclic esters (lactones) is 1. The highest BCUT2D eigenvalue weighted by Gasteiger charge is 2.46. The quantitative estimate of drug-likeness (QED) is 0.0321. The standard InChI is InChI=1S/C49H52N6O11S2/c1-4-49(60)35-24-38-43-31(27-55(38)45(57)34(35)28-66-47(49)58)21-30-22-32(11-12-37(30)52-43)62-15-8-5-9-16-63-41-25-36(50)33(23-40(41)61-3)44(56)54-26-29(2)20-39(54)46-53(14-17-64-46)48(59)65-18-19-67-68-42-10-6-7-13-51-42/h6-7,10-13,21-25,39,46,60H,2,4-5,8-9,14-20,26-28,50H2,1,3H3/t39-,46?,49-/m0/s1. The normalized spacial score (nSPS) is 19.4. The molecule has 2 amide bonds. The van der Waals surface area contributed by atoms with Crippen LogP contribution in [0.15, 0.2) is 88.8 Å². The molecule has 4 aliphatic rings. The summed E-state index contributed by atoms with van der Waals surface area (Å²) in [5, 5.41) is 12.9. The lowest BCUT2D eigenvalue weighted by Crippen LogP contribution is -2.51. The fourth-order valence-electron chi connectivity index (χ4n) is 9.05. The zero-order valence-corrected chi connectivity index (χ0v) is 39.4. The Kier molecular flexibility index (Phi) is 13.9. The summed E-state index contributed by atoms with van der Waals surface area (Å²) >= 11 is 0. The number of ether oxygens (including phenoxy) is 6. The van der Waals surface area contributed by atoms with Crippen LogP contribution in [-0.4, -0.2) is 112 Å². The molecule has 0 spiro atoms. The van der Waals surface area contributed by atoms with Gasteiger partial charge in [0.05, 0.1) is 74.1 Å². The number of anilines is 1. The number of carbonyl (C=O) groups excluding carboxylic acids is 3. The lowest BCUT2D eigenvalue weighted by Gasteiger charge is -2.33. The average molecular weight is 965 g/mol. The molecule has 9 rings (SSSR count). The maximum Gasteiger partial charge on any atom is 0.412 e. The number of aromatic nitrogens is 3. The van der Waals surface area contributed by atoms with E-state index in [9.17, 15) is 24.3 Å². The van der Waals surface area contributed by atoms with Crippen LogP contribution in [0.4, 0.5) is 10.5 Å². The third-order valence-corrected chi connectivity index (χ3v) is 14.8. The highest BCUT2D eigenvalue weighted by molar-refractivity contribution is 8.76. The summed E-state index contributed by atoms with van der Waals surface area (Å²) in [6.45, 7) is 7.97. The Morgan fingerprint density at radius 2 is 1.84 bits per heavy atom. The van der Waals surface area contributed by atoms with Gasteiger partial charge in [-0.1, -0.05) is 35.9 Å². The Labute approximate surface area is 400 Å². The van der Waals surface area contributed by atoms with Gasteiger partial charge in [-0.3, -0.25) is 14.5 Å². The minimum absolute atomic E-state index is 0.0780. The molecule has 3 N–H and O–H groups in total. The van der Waals surface area contributed by atoms with Crippen molar-refractivity contribution in [2.24, 2.45) is 0 Å². The number of rotatable bonds is 17. The van der Waals surface area contributed by atoms with Crippen LogP contribution in [0.1, 0.15) is 66.1 Å². The molecule has 5 aromatic rings. The van der Waals surface area contributed by atoms with Crippen molar-refractivity contribution >= 4 is 56.1 Å². The summed E-state index contributed by atoms with van der Waals surface area (Å²) in [6.07, 6.45) is 3.37. The second-order valence-electron chi connectivity index (χ2n) is 16.9. The van der Waals surface area contributed by atoms with E-state index in [4.69, 9.17) is 39.1 Å². The molecule has 2 aromatic carbocycles. The Bertz CT molecular complexity index is 2830. The van der Waals surface area contributed by atoms with Crippen LogP contribution in [-0.2, 0) is 37.8 Å². The zero-order chi connectivity index (χ0) is 47.5. The first-order valence-corrected chi connectivity index (χ1v) is 24.9. The molecule has 0 saturated carbocycles. The first-order chi connectivity index (χ1) is 33.0. The number of carbonyl (C=O) groups is 3. The third kappa shape index (κ3) is 9.31. The minimum Gasteiger partial charge on any atom is -0.494 e.